The van der Waals surface area contributed by atoms with Crippen molar-refractivity contribution < 1.29 is 24.6 Å². The third kappa shape index (κ3) is 3.90. The molecule has 0 heterocycles. The van der Waals surface area contributed by atoms with Gasteiger partial charge in [0.25, 0.3) is 0 Å². The lowest BCUT2D eigenvalue weighted by Gasteiger charge is -2.26. The highest BCUT2D eigenvalue weighted by Gasteiger charge is 2.33. The number of hydrogen-bond acceptors (Lipinski definition) is 3. The molecule has 0 aliphatic heterocycles. The molecule has 7 heteroatoms. The van der Waals surface area contributed by atoms with E-state index in [1.807, 2.05) is 6.92 Å². The second kappa shape index (κ2) is 5.70. The van der Waals surface area contributed by atoms with Crippen LogP contribution in [-0.2, 0) is 9.59 Å². The number of aliphatic carboxylic acids is 2. The molecular formula is C11H18N2O5. The summed E-state index contributed by atoms with van der Waals surface area (Å²) in [5, 5.41) is 19.6. The summed E-state index contributed by atoms with van der Waals surface area (Å²) in [6.07, 6.45) is 1.50. The van der Waals surface area contributed by atoms with Gasteiger partial charge in [-0.2, -0.15) is 0 Å². The van der Waals surface area contributed by atoms with Crippen LogP contribution in [0.15, 0.2) is 0 Å². The van der Waals surface area contributed by atoms with Crippen molar-refractivity contribution >= 4 is 18.0 Å². The van der Waals surface area contributed by atoms with Crippen molar-refractivity contribution in [3.05, 3.63) is 0 Å². The van der Waals surface area contributed by atoms with Crippen molar-refractivity contribution in [2.45, 2.75) is 38.3 Å². The van der Waals surface area contributed by atoms with E-state index in [1.165, 1.54) is 4.90 Å². The molecule has 7 nitrogen and oxygen atoms in total. The topological polar surface area (TPSA) is 107 Å². The van der Waals surface area contributed by atoms with Gasteiger partial charge in [-0.3, -0.25) is 4.79 Å². The van der Waals surface area contributed by atoms with Gasteiger partial charge >= 0.3 is 18.0 Å². The maximum atomic E-state index is 11.8. The maximum absolute atomic E-state index is 11.8. The summed E-state index contributed by atoms with van der Waals surface area (Å²) < 4.78 is 0. The number of carboxylic acids is 2. The van der Waals surface area contributed by atoms with Crippen LogP contribution in [0.3, 0.4) is 0 Å². The first-order valence-electron chi connectivity index (χ1n) is 5.80. The number of hydrogen-bond donors (Lipinski definition) is 3. The van der Waals surface area contributed by atoms with E-state index in [0.29, 0.717) is 5.92 Å². The fourth-order valence-corrected chi connectivity index (χ4v) is 1.71. The van der Waals surface area contributed by atoms with Gasteiger partial charge in [0.05, 0.1) is 6.42 Å². The molecule has 1 fully saturated rings. The third-order valence-electron chi connectivity index (χ3n) is 3.21. The van der Waals surface area contributed by atoms with Crippen LogP contribution in [-0.4, -0.2) is 52.2 Å². The monoisotopic (exact) mass is 258 g/mol. The highest BCUT2D eigenvalue weighted by atomic mass is 16.4. The molecular weight excluding hydrogens is 240 g/mol. The van der Waals surface area contributed by atoms with Crippen molar-refractivity contribution in [2.75, 3.05) is 7.05 Å². The van der Waals surface area contributed by atoms with E-state index in [0.717, 1.165) is 12.8 Å². The average molecular weight is 258 g/mol. The number of carbonyl (C=O) groups is 3. The minimum absolute atomic E-state index is 0.0317. The van der Waals surface area contributed by atoms with Gasteiger partial charge in [0.1, 0.15) is 6.04 Å². The summed E-state index contributed by atoms with van der Waals surface area (Å²) >= 11 is 0. The fourth-order valence-electron chi connectivity index (χ4n) is 1.71. The van der Waals surface area contributed by atoms with Crippen LogP contribution >= 0.6 is 0 Å². The lowest BCUT2D eigenvalue weighted by molar-refractivity contribution is -0.145. The molecule has 1 unspecified atom stereocenters. The molecule has 1 rings (SSSR count). The fraction of sp³-hybridized carbons (Fsp3) is 0.727. The molecule has 2 amide bonds. The number of nitrogens with zero attached hydrogens (tertiary/aromatic N) is 1. The van der Waals surface area contributed by atoms with Crippen LogP contribution in [0.1, 0.15) is 26.2 Å². The standard InChI is InChI=1S/C11H18N2O5/c1-6(7-3-4-7)13(2)11(18)12-8(10(16)17)5-9(14)15/h6-8H,3-5H2,1-2H3,(H,12,18)(H,14,15)(H,16,17)/t6?,8-/m1/s1. The quantitative estimate of drug-likeness (QED) is 0.637. The van der Waals surface area contributed by atoms with Gasteiger partial charge in [-0.15, -0.1) is 0 Å². The smallest absolute Gasteiger partial charge is 0.326 e. The first-order valence-corrected chi connectivity index (χ1v) is 5.80. The molecule has 102 valence electrons. The van der Waals surface area contributed by atoms with Gasteiger partial charge in [0, 0.05) is 13.1 Å². The van der Waals surface area contributed by atoms with E-state index in [1.54, 1.807) is 7.05 Å². The second-order valence-electron chi connectivity index (χ2n) is 4.63. The van der Waals surface area contributed by atoms with Crippen LogP contribution < -0.4 is 5.32 Å². The van der Waals surface area contributed by atoms with E-state index < -0.39 is 30.4 Å². The minimum Gasteiger partial charge on any atom is -0.481 e. The van der Waals surface area contributed by atoms with Gasteiger partial charge in [-0.05, 0) is 25.7 Å². The summed E-state index contributed by atoms with van der Waals surface area (Å²) in [4.78, 5) is 34.5. The molecule has 0 aromatic carbocycles. The van der Waals surface area contributed by atoms with Gasteiger partial charge in [-0.25, -0.2) is 9.59 Å². The number of rotatable bonds is 6. The lowest BCUT2D eigenvalue weighted by Crippen LogP contribution is -2.50. The average Bonchev–Trinajstić information content (AvgIpc) is 3.08. The van der Waals surface area contributed by atoms with Crippen LogP contribution in [0, 0.1) is 5.92 Å². The molecule has 0 aromatic rings. The Balaban J connectivity index is 2.54. The summed E-state index contributed by atoms with van der Waals surface area (Å²) in [7, 11) is 1.58. The van der Waals surface area contributed by atoms with E-state index >= 15 is 0 Å². The number of carbonyl (C=O) groups excluding carboxylic acids is 1. The molecule has 0 aromatic heterocycles. The Morgan fingerprint density at radius 2 is 1.89 bits per heavy atom. The molecule has 18 heavy (non-hydrogen) atoms. The first-order chi connectivity index (χ1) is 8.32. The highest BCUT2D eigenvalue weighted by molar-refractivity contribution is 5.86. The van der Waals surface area contributed by atoms with Crippen LogP contribution in [0.4, 0.5) is 4.79 Å². The van der Waals surface area contributed by atoms with E-state index in [2.05, 4.69) is 5.32 Å². The largest absolute Gasteiger partial charge is 0.481 e. The van der Waals surface area contributed by atoms with Crippen molar-refractivity contribution in [1.82, 2.24) is 10.2 Å². The molecule has 0 bridgehead atoms. The van der Waals surface area contributed by atoms with E-state index in [4.69, 9.17) is 10.2 Å². The van der Waals surface area contributed by atoms with Crippen LogP contribution in [0.5, 0.6) is 0 Å². The molecule has 0 radical (unpaired) electrons. The second-order valence-corrected chi connectivity index (χ2v) is 4.63. The van der Waals surface area contributed by atoms with E-state index in [9.17, 15) is 14.4 Å². The van der Waals surface area contributed by atoms with Gasteiger partial charge < -0.3 is 20.4 Å². The van der Waals surface area contributed by atoms with Gasteiger partial charge in [0.2, 0.25) is 0 Å². The number of nitrogens with one attached hydrogen (secondary N) is 1. The zero-order valence-corrected chi connectivity index (χ0v) is 10.4. The van der Waals surface area contributed by atoms with E-state index in [-0.39, 0.29) is 6.04 Å². The van der Waals surface area contributed by atoms with Gasteiger partial charge in [0.15, 0.2) is 0 Å². The Morgan fingerprint density at radius 3 is 2.28 bits per heavy atom. The molecule has 0 saturated heterocycles. The Labute approximate surface area is 105 Å². The first kappa shape index (κ1) is 14.3. The summed E-state index contributed by atoms with van der Waals surface area (Å²) in [6.45, 7) is 1.89. The Kier molecular flexibility index (Phi) is 4.52. The number of urea groups is 1. The molecule has 3 N–H and O–H groups in total. The third-order valence-corrected chi connectivity index (χ3v) is 3.21. The SMILES string of the molecule is CC(C1CC1)N(C)C(=O)N[C@H](CC(=O)O)C(=O)O. The summed E-state index contributed by atoms with van der Waals surface area (Å²) in [5.41, 5.74) is 0. The molecule has 2 atom stereocenters. The summed E-state index contributed by atoms with van der Waals surface area (Å²) in [5.74, 6) is -2.15. The molecule has 1 aliphatic rings. The zero-order valence-electron chi connectivity index (χ0n) is 10.4. The summed E-state index contributed by atoms with van der Waals surface area (Å²) in [6, 6.07) is -1.92. The Morgan fingerprint density at radius 1 is 1.33 bits per heavy atom. The van der Waals surface area contributed by atoms with Gasteiger partial charge in [-0.1, -0.05) is 0 Å². The van der Waals surface area contributed by atoms with Crippen molar-refractivity contribution in [2.24, 2.45) is 5.92 Å². The highest BCUT2D eigenvalue weighted by Crippen LogP contribution is 2.34. The Hall–Kier alpha value is -1.79. The molecule has 1 aliphatic carbocycles. The van der Waals surface area contributed by atoms with Crippen molar-refractivity contribution in [3.8, 4) is 0 Å². The van der Waals surface area contributed by atoms with Crippen LogP contribution in [0.25, 0.3) is 0 Å². The molecule has 1 saturated carbocycles. The number of amides is 2. The Bertz CT molecular complexity index is 353. The normalized spacial score (nSPS) is 17.7. The predicted molar refractivity (Wildman–Crippen MR) is 62.2 cm³/mol. The molecule has 0 spiro atoms. The lowest BCUT2D eigenvalue weighted by atomic mass is 10.2. The minimum atomic E-state index is -1.40. The maximum Gasteiger partial charge on any atom is 0.326 e. The number of carboxylic acid groups (broad SMARTS) is 2. The van der Waals surface area contributed by atoms with Crippen LogP contribution in [0.2, 0.25) is 0 Å². The van der Waals surface area contributed by atoms with Crippen molar-refractivity contribution in [1.29, 1.82) is 0 Å². The van der Waals surface area contributed by atoms with Crippen molar-refractivity contribution in [3.63, 3.8) is 0 Å². The predicted octanol–water partition coefficient (Wildman–Crippen LogP) is 0.354. The zero-order chi connectivity index (χ0) is 13.9.